The van der Waals surface area contributed by atoms with Crippen molar-refractivity contribution in [3.05, 3.63) is 59.7 Å². The zero-order chi connectivity index (χ0) is 16.7. The Labute approximate surface area is 134 Å². The maximum Gasteiger partial charge on any atom is 0.576 e. The van der Waals surface area contributed by atoms with Gasteiger partial charge in [-0.3, -0.25) is 9.59 Å². The van der Waals surface area contributed by atoms with Gasteiger partial charge in [0.25, 0.3) is 0 Å². The zero-order valence-electron chi connectivity index (χ0n) is 12.5. The summed E-state index contributed by atoms with van der Waals surface area (Å²) in [6.07, 6.45) is 0.320. The summed E-state index contributed by atoms with van der Waals surface area (Å²) >= 11 is 0. The zero-order valence-corrected chi connectivity index (χ0v) is 12.5. The minimum Gasteiger partial charge on any atom is -0.529 e. The van der Waals surface area contributed by atoms with Gasteiger partial charge in [0, 0.05) is 0 Å². The Morgan fingerprint density at radius 3 is 1.65 bits per heavy atom. The molecule has 2 aromatic rings. The van der Waals surface area contributed by atoms with E-state index in [0.29, 0.717) is 11.5 Å². The molecule has 0 aliphatic rings. The van der Waals surface area contributed by atoms with E-state index in [9.17, 15) is 9.59 Å². The fraction of sp³-hybridized carbons (Fsp3) is 0.125. The highest BCUT2D eigenvalue weighted by atomic mass is 16.6. The molecule has 6 nitrogen and oxygen atoms in total. The van der Waals surface area contributed by atoms with Crippen molar-refractivity contribution in [3.63, 3.8) is 0 Å². The Bertz CT molecular complexity index is 646. The number of nitrogens with two attached hydrogens (primary N) is 2. The second kappa shape index (κ2) is 7.88. The van der Waals surface area contributed by atoms with Gasteiger partial charge >= 0.3 is 7.69 Å². The minimum absolute atomic E-state index is 0.0000491. The highest BCUT2D eigenvalue weighted by Crippen LogP contribution is 2.16. The third kappa shape index (κ3) is 5.74. The van der Waals surface area contributed by atoms with Crippen LogP contribution in [0.15, 0.2) is 48.5 Å². The summed E-state index contributed by atoms with van der Waals surface area (Å²) in [7, 11) is 0.0000491. The van der Waals surface area contributed by atoms with Crippen molar-refractivity contribution in [2.75, 3.05) is 0 Å². The molecule has 0 heterocycles. The fourth-order valence-electron chi connectivity index (χ4n) is 2.06. The largest absolute Gasteiger partial charge is 0.576 e. The van der Waals surface area contributed by atoms with E-state index in [1.165, 1.54) is 0 Å². The molecule has 0 aliphatic carbocycles. The molecule has 2 rings (SSSR count). The first kappa shape index (κ1) is 16.4. The smallest absolute Gasteiger partial charge is 0.529 e. The summed E-state index contributed by atoms with van der Waals surface area (Å²) in [6.45, 7) is 0. The first-order chi connectivity index (χ1) is 11.0. The van der Waals surface area contributed by atoms with Crippen LogP contribution in [0.4, 0.5) is 0 Å². The molecule has 0 aliphatic heterocycles. The molecule has 0 spiro atoms. The van der Waals surface area contributed by atoms with Crippen LogP contribution >= 0.6 is 0 Å². The Balaban J connectivity index is 1.89. The molecular formula is C16H17BN2O4. The molecule has 0 unspecified atom stereocenters. The van der Waals surface area contributed by atoms with Crippen LogP contribution in [0.2, 0.25) is 0 Å². The van der Waals surface area contributed by atoms with Crippen LogP contribution in [0.1, 0.15) is 11.1 Å². The van der Waals surface area contributed by atoms with Gasteiger partial charge in [-0.15, -0.1) is 0 Å². The number of carbonyl (C=O) groups is 2. The van der Waals surface area contributed by atoms with Crippen molar-refractivity contribution >= 4 is 19.5 Å². The van der Waals surface area contributed by atoms with Crippen LogP contribution < -0.4 is 20.8 Å². The lowest BCUT2D eigenvalue weighted by molar-refractivity contribution is -0.118. The minimum atomic E-state index is -0.398. The maximum absolute atomic E-state index is 10.9. The second-order valence-corrected chi connectivity index (χ2v) is 4.99. The van der Waals surface area contributed by atoms with Crippen LogP contribution in [0.5, 0.6) is 11.5 Å². The van der Waals surface area contributed by atoms with Gasteiger partial charge in [0.1, 0.15) is 11.5 Å². The van der Waals surface area contributed by atoms with Gasteiger partial charge in [-0.25, -0.2) is 0 Å². The maximum atomic E-state index is 10.9. The van der Waals surface area contributed by atoms with Crippen LogP contribution in [-0.2, 0) is 22.4 Å². The third-order valence-corrected chi connectivity index (χ3v) is 3.00. The van der Waals surface area contributed by atoms with Crippen LogP contribution in [-0.4, -0.2) is 19.5 Å². The molecule has 0 saturated heterocycles. The lowest BCUT2D eigenvalue weighted by Gasteiger charge is -2.09. The van der Waals surface area contributed by atoms with E-state index in [4.69, 9.17) is 20.8 Å². The topological polar surface area (TPSA) is 105 Å². The first-order valence-electron chi connectivity index (χ1n) is 7.03. The van der Waals surface area contributed by atoms with E-state index in [0.717, 1.165) is 11.1 Å². The molecule has 0 aromatic heterocycles. The van der Waals surface area contributed by atoms with Gasteiger partial charge < -0.3 is 20.8 Å². The van der Waals surface area contributed by atoms with E-state index in [1.54, 1.807) is 48.5 Å². The summed E-state index contributed by atoms with van der Waals surface area (Å²) in [5, 5.41) is 0. The number of hydrogen-bond donors (Lipinski definition) is 2. The Kier molecular flexibility index (Phi) is 5.63. The standard InChI is InChI=1S/C16H17BN2O4/c18-15(20)9-11-3-1-5-13(7-11)22-17-23-14-6-2-4-12(8-14)10-16(19)21/h1-8,17H,9-10H2,(H2,18,20)(H2,19,21). The number of hydrogen-bond acceptors (Lipinski definition) is 4. The van der Waals surface area contributed by atoms with Crippen molar-refractivity contribution in [1.29, 1.82) is 0 Å². The highest BCUT2D eigenvalue weighted by molar-refractivity contribution is 6.20. The third-order valence-electron chi connectivity index (χ3n) is 3.00. The van der Waals surface area contributed by atoms with Gasteiger partial charge in [0.15, 0.2) is 0 Å². The van der Waals surface area contributed by atoms with Gasteiger partial charge in [-0.1, -0.05) is 24.3 Å². The van der Waals surface area contributed by atoms with Crippen LogP contribution in [0.3, 0.4) is 0 Å². The van der Waals surface area contributed by atoms with Crippen molar-refractivity contribution in [1.82, 2.24) is 0 Å². The predicted octanol–water partition coefficient (Wildman–Crippen LogP) is 0.466. The lowest BCUT2D eigenvalue weighted by Crippen LogP contribution is -2.15. The number of benzene rings is 2. The van der Waals surface area contributed by atoms with Crippen molar-refractivity contribution < 1.29 is 18.9 Å². The number of rotatable bonds is 8. The van der Waals surface area contributed by atoms with Gasteiger partial charge in [-0.2, -0.15) is 0 Å². The van der Waals surface area contributed by atoms with Crippen molar-refractivity contribution in [3.8, 4) is 11.5 Å². The monoisotopic (exact) mass is 312 g/mol. The molecule has 0 atom stereocenters. The average molecular weight is 312 g/mol. The van der Waals surface area contributed by atoms with E-state index in [1.807, 2.05) is 0 Å². The molecule has 0 fully saturated rings. The SMILES string of the molecule is NC(=O)Cc1cccc(OBOc2cccc(CC(N)=O)c2)c1. The molecule has 2 amide bonds. The Morgan fingerprint density at radius 1 is 0.826 bits per heavy atom. The molecule has 7 heteroatoms. The molecular weight excluding hydrogens is 295 g/mol. The van der Waals surface area contributed by atoms with Crippen LogP contribution in [0.25, 0.3) is 0 Å². The predicted molar refractivity (Wildman–Crippen MR) is 87.1 cm³/mol. The molecule has 2 aromatic carbocycles. The summed E-state index contributed by atoms with van der Waals surface area (Å²) in [6, 6.07) is 14.1. The average Bonchev–Trinajstić information content (AvgIpc) is 2.46. The summed E-state index contributed by atoms with van der Waals surface area (Å²) in [4.78, 5) is 21.8. The normalized spacial score (nSPS) is 9.91. The van der Waals surface area contributed by atoms with E-state index in [2.05, 4.69) is 0 Å². The van der Waals surface area contributed by atoms with Crippen molar-refractivity contribution in [2.45, 2.75) is 12.8 Å². The summed E-state index contributed by atoms with van der Waals surface area (Å²) in [5.41, 5.74) is 11.9. The van der Waals surface area contributed by atoms with Crippen LogP contribution in [0, 0.1) is 0 Å². The summed E-state index contributed by atoms with van der Waals surface area (Å²) < 4.78 is 11.0. The highest BCUT2D eigenvalue weighted by Gasteiger charge is 2.04. The number of primary amides is 2. The lowest BCUT2D eigenvalue weighted by atomic mass is 10.1. The van der Waals surface area contributed by atoms with E-state index < -0.39 is 11.8 Å². The number of carbonyl (C=O) groups excluding carboxylic acids is 2. The van der Waals surface area contributed by atoms with Gasteiger partial charge in [-0.05, 0) is 35.4 Å². The van der Waals surface area contributed by atoms with Gasteiger partial charge in [0.05, 0.1) is 12.8 Å². The molecule has 0 radical (unpaired) electrons. The molecule has 0 bridgehead atoms. The summed E-state index contributed by atoms with van der Waals surface area (Å²) in [5.74, 6) is 0.364. The molecule has 118 valence electrons. The van der Waals surface area contributed by atoms with Crippen molar-refractivity contribution in [2.24, 2.45) is 11.5 Å². The van der Waals surface area contributed by atoms with Gasteiger partial charge in [0.2, 0.25) is 11.8 Å². The van der Waals surface area contributed by atoms with E-state index in [-0.39, 0.29) is 20.5 Å². The first-order valence-corrected chi connectivity index (χ1v) is 7.03. The molecule has 4 N–H and O–H groups in total. The molecule has 0 saturated carbocycles. The fourth-order valence-corrected chi connectivity index (χ4v) is 2.06. The Morgan fingerprint density at radius 2 is 1.26 bits per heavy atom. The van der Waals surface area contributed by atoms with E-state index >= 15 is 0 Å². The number of amides is 2. The molecule has 23 heavy (non-hydrogen) atoms. The second-order valence-electron chi connectivity index (χ2n) is 4.99. The Hall–Kier alpha value is -2.96. The quantitative estimate of drug-likeness (QED) is 0.691.